The third-order valence-corrected chi connectivity index (χ3v) is 4.70. The van der Waals surface area contributed by atoms with E-state index in [2.05, 4.69) is 36.4 Å². The first kappa shape index (κ1) is 16.0. The number of hydrogen-bond donors (Lipinski definition) is 2. The van der Waals surface area contributed by atoms with Gasteiger partial charge in [0.25, 0.3) is 0 Å². The summed E-state index contributed by atoms with van der Waals surface area (Å²) in [5.41, 5.74) is 5.47. The third kappa shape index (κ3) is 2.72. The van der Waals surface area contributed by atoms with Crippen LogP contribution in [0.4, 0.5) is 17.2 Å². The van der Waals surface area contributed by atoms with Gasteiger partial charge in [0.1, 0.15) is 12.1 Å². The van der Waals surface area contributed by atoms with Crippen LogP contribution in [0, 0.1) is 6.57 Å². The fourth-order valence-electron chi connectivity index (χ4n) is 3.27. The summed E-state index contributed by atoms with van der Waals surface area (Å²) in [5, 5.41) is 12.4. The Morgan fingerprint density at radius 1 is 0.893 bits per heavy atom. The molecule has 2 aromatic heterocycles. The minimum absolute atomic E-state index is 0.628. The maximum absolute atomic E-state index is 7.10. The molecule has 0 bridgehead atoms. The van der Waals surface area contributed by atoms with E-state index in [1.165, 1.54) is 0 Å². The molecule has 0 fully saturated rings. The zero-order valence-electron chi connectivity index (χ0n) is 14.7. The van der Waals surface area contributed by atoms with E-state index in [-0.39, 0.29) is 0 Å². The van der Waals surface area contributed by atoms with Crippen LogP contribution in [0.3, 0.4) is 0 Å². The first-order valence-corrected chi connectivity index (χ1v) is 8.73. The number of benzene rings is 3. The Morgan fingerprint density at radius 3 is 2.61 bits per heavy atom. The van der Waals surface area contributed by atoms with E-state index in [0.717, 1.165) is 44.4 Å². The SMILES string of the molecule is [C-]#[N+]c1ccc(-c2ccc3ncnc(Nc4cccc5[nH]ncc45)c3c2)cc1. The molecule has 0 saturated carbocycles. The first-order chi connectivity index (χ1) is 13.8. The van der Waals surface area contributed by atoms with E-state index < -0.39 is 0 Å². The Hall–Kier alpha value is -4.24. The van der Waals surface area contributed by atoms with Crippen LogP contribution < -0.4 is 5.32 Å². The second-order valence-corrected chi connectivity index (χ2v) is 6.37. The fraction of sp³-hybridized carbons (Fsp3) is 0. The van der Waals surface area contributed by atoms with Gasteiger partial charge in [-0.15, -0.1) is 0 Å². The van der Waals surface area contributed by atoms with E-state index in [0.29, 0.717) is 5.69 Å². The van der Waals surface area contributed by atoms with Crippen LogP contribution in [0.5, 0.6) is 0 Å². The van der Waals surface area contributed by atoms with E-state index in [4.69, 9.17) is 6.57 Å². The summed E-state index contributed by atoms with van der Waals surface area (Å²) in [6.07, 6.45) is 3.36. The van der Waals surface area contributed by atoms with Crippen molar-refractivity contribution in [1.29, 1.82) is 0 Å². The smallest absolute Gasteiger partial charge is 0.187 e. The molecule has 2 heterocycles. The Bertz CT molecular complexity index is 1350. The summed E-state index contributed by atoms with van der Waals surface area (Å²) in [6.45, 7) is 7.10. The van der Waals surface area contributed by atoms with Crippen LogP contribution in [-0.4, -0.2) is 20.2 Å². The van der Waals surface area contributed by atoms with Gasteiger partial charge >= 0.3 is 0 Å². The number of nitrogens with one attached hydrogen (secondary N) is 2. The second-order valence-electron chi connectivity index (χ2n) is 6.37. The van der Waals surface area contributed by atoms with Gasteiger partial charge in [-0.1, -0.05) is 36.4 Å². The average molecular weight is 362 g/mol. The highest BCUT2D eigenvalue weighted by molar-refractivity contribution is 5.98. The van der Waals surface area contributed by atoms with Gasteiger partial charge in [0.2, 0.25) is 0 Å². The molecule has 0 aliphatic carbocycles. The molecule has 0 radical (unpaired) electrons. The molecule has 0 amide bonds. The summed E-state index contributed by atoms with van der Waals surface area (Å²) in [6, 6.07) is 19.6. The van der Waals surface area contributed by atoms with Crippen molar-refractivity contribution in [2.45, 2.75) is 0 Å². The zero-order valence-corrected chi connectivity index (χ0v) is 14.7. The van der Waals surface area contributed by atoms with Gasteiger partial charge in [0, 0.05) is 10.8 Å². The normalized spacial score (nSPS) is 10.8. The molecule has 5 rings (SSSR count). The molecule has 0 atom stereocenters. The average Bonchev–Trinajstić information content (AvgIpc) is 3.24. The van der Waals surface area contributed by atoms with Crippen molar-refractivity contribution in [1.82, 2.24) is 20.2 Å². The van der Waals surface area contributed by atoms with Crippen molar-refractivity contribution < 1.29 is 0 Å². The molecular formula is C22H14N6. The van der Waals surface area contributed by atoms with Crippen molar-refractivity contribution in [3.63, 3.8) is 0 Å². The van der Waals surface area contributed by atoms with Gasteiger partial charge in [-0.05, 0) is 35.4 Å². The highest BCUT2D eigenvalue weighted by Gasteiger charge is 2.09. The lowest BCUT2D eigenvalue weighted by Gasteiger charge is -2.11. The van der Waals surface area contributed by atoms with Crippen LogP contribution in [0.2, 0.25) is 0 Å². The molecule has 0 aliphatic rings. The molecule has 28 heavy (non-hydrogen) atoms. The quantitative estimate of drug-likeness (QED) is 0.418. The maximum Gasteiger partial charge on any atom is 0.187 e. The van der Waals surface area contributed by atoms with Crippen LogP contribution >= 0.6 is 0 Å². The highest BCUT2D eigenvalue weighted by Crippen LogP contribution is 2.31. The number of rotatable bonds is 3. The fourth-order valence-corrected chi connectivity index (χ4v) is 3.27. The summed E-state index contributed by atoms with van der Waals surface area (Å²) in [4.78, 5) is 12.3. The number of aromatic nitrogens is 4. The molecule has 6 nitrogen and oxygen atoms in total. The Labute approximate surface area is 160 Å². The van der Waals surface area contributed by atoms with Crippen LogP contribution in [0.15, 0.2) is 73.2 Å². The van der Waals surface area contributed by atoms with Gasteiger partial charge in [-0.2, -0.15) is 5.10 Å². The molecule has 3 aromatic carbocycles. The topological polar surface area (TPSA) is 70.8 Å². The zero-order chi connectivity index (χ0) is 18.9. The predicted molar refractivity (Wildman–Crippen MR) is 111 cm³/mol. The van der Waals surface area contributed by atoms with Crippen LogP contribution in [0.25, 0.3) is 37.8 Å². The minimum Gasteiger partial charge on any atom is -0.339 e. The summed E-state index contributed by atoms with van der Waals surface area (Å²) < 4.78 is 0. The Morgan fingerprint density at radius 2 is 1.75 bits per heavy atom. The molecule has 0 spiro atoms. The van der Waals surface area contributed by atoms with Gasteiger partial charge in [-0.3, -0.25) is 5.10 Å². The molecule has 6 heteroatoms. The summed E-state index contributed by atoms with van der Waals surface area (Å²) >= 11 is 0. The van der Waals surface area contributed by atoms with Crippen molar-refractivity contribution in [3.05, 3.63) is 84.6 Å². The molecule has 132 valence electrons. The number of nitrogens with zero attached hydrogens (tertiary/aromatic N) is 4. The number of fused-ring (bicyclic) bond motifs is 2. The lowest BCUT2D eigenvalue weighted by Crippen LogP contribution is -1.96. The van der Waals surface area contributed by atoms with E-state index in [1.54, 1.807) is 12.5 Å². The molecule has 0 saturated heterocycles. The standard InChI is InChI=1S/C22H14N6/c1-23-16-8-5-14(6-9-16)15-7-10-19-17(11-15)22(25-13-24-19)27-20-3-2-4-21-18(20)12-26-28-21/h2-13H,(H,26,28)(H,24,25,27). The molecular weight excluding hydrogens is 348 g/mol. The van der Waals surface area contributed by atoms with Crippen molar-refractivity contribution in [3.8, 4) is 11.1 Å². The number of H-pyrrole nitrogens is 1. The maximum atomic E-state index is 7.10. The van der Waals surface area contributed by atoms with Gasteiger partial charge in [-0.25, -0.2) is 14.8 Å². The molecule has 0 aliphatic heterocycles. The van der Waals surface area contributed by atoms with E-state index in [9.17, 15) is 0 Å². The van der Waals surface area contributed by atoms with Gasteiger partial charge in [0.05, 0.1) is 29.5 Å². The monoisotopic (exact) mass is 362 g/mol. The Kier molecular flexibility index (Phi) is 3.70. The second kappa shape index (κ2) is 6.49. The lowest BCUT2D eigenvalue weighted by molar-refractivity contribution is 1.12. The molecule has 2 N–H and O–H groups in total. The number of aromatic amines is 1. The lowest BCUT2D eigenvalue weighted by atomic mass is 10.0. The van der Waals surface area contributed by atoms with Crippen LogP contribution in [-0.2, 0) is 0 Å². The highest BCUT2D eigenvalue weighted by atomic mass is 15.1. The summed E-state index contributed by atoms with van der Waals surface area (Å²) in [7, 11) is 0. The first-order valence-electron chi connectivity index (χ1n) is 8.73. The third-order valence-electron chi connectivity index (χ3n) is 4.70. The van der Waals surface area contributed by atoms with Crippen molar-refractivity contribution >= 4 is 39.0 Å². The predicted octanol–water partition coefficient (Wildman–Crippen LogP) is 5.47. The minimum atomic E-state index is 0.628. The number of hydrogen-bond acceptors (Lipinski definition) is 4. The van der Waals surface area contributed by atoms with E-state index in [1.807, 2.05) is 54.6 Å². The van der Waals surface area contributed by atoms with Crippen molar-refractivity contribution in [2.24, 2.45) is 0 Å². The molecule has 0 unspecified atom stereocenters. The molecule has 5 aromatic rings. The number of anilines is 2. The van der Waals surface area contributed by atoms with E-state index >= 15 is 0 Å². The van der Waals surface area contributed by atoms with Gasteiger partial charge in [0.15, 0.2) is 5.69 Å². The van der Waals surface area contributed by atoms with Crippen molar-refractivity contribution in [2.75, 3.05) is 5.32 Å². The van der Waals surface area contributed by atoms with Crippen LogP contribution in [0.1, 0.15) is 0 Å². The largest absolute Gasteiger partial charge is 0.339 e. The summed E-state index contributed by atoms with van der Waals surface area (Å²) in [5.74, 6) is 0.735. The Balaban J connectivity index is 1.61. The van der Waals surface area contributed by atoms with Gasteiger partial charge < -0.3 is 5.32 Å².